The van der Waals surface area contributed by atoms with Gasteiger partial charge in [0, 0.05) is 6.42 Å². The summed E-state index contributed by atoms with van der Waals surface area (Å²) in [6.45, 7) is 2.55. The predicted octanol–water partition coefficient (Wildman–Crippen LogP) is -0.142. The number of carboxylic acids is 1. The van der Waals surface area contributed by atoms with Crippen molar-refractivity contribution in [2.45, 2.75) is 19.4 Å². The molecule has 0 aliphatic carbocycles. The third kappa shape index (κ3) is 7.39. The molecule has 0 spiro atoms. The molecule has 0 aromatic heterocycles. The van der Waals surface area contributed by atoms with Crippen molar-refractivity contribution in [3.05, 3.63) is 0 Å². The Bertz CT molecular complexity index is 97.9. The Morgan fingerprint density at radius 3 is 2.20 bits per heavy atom. The number of carbonyl (C=O) groups is 1. The molecular formula is C6H12O4. The number of aliphatic hydroxyl groups is 1. The lowest BCUT2D eigenvalue weighted by Gasteiger charge is -1.71. The third-order valence-corrected chi connectivity index (χ3v) is 0.908. The Labute approximate surface area is 59.4 Å². The molecule has 1 rings (SSSR count). The van der Waals surface area contributed by atoms with E-state index in [1.807, 2.05) is 0 Å². The molecule has 0 radical (unpaired) electrons. The Balaban J connectivity index is 0.000000162. The SMILES string of the molecule is CCC(=O)O.OCC1CO1. The highest BCUT2D eigenvalue weighted by Gasteiger charge is 2.19. The maximum absolute atomic E-state index is 9.37. The number of carboxylic acid groups (broad SMARTS) is 1. The zero-order valence-electron chi connectivity index (χ0n) is 5.91. The van der Waals surface area contributed by atoms with Crippen LogP contribution >= 0.6 is 0 Å². The summed E-state index contributed by atoms with van der Waals surface area (Å²) in [4.78, 5) is 9.37. The number of epoxide rings is 1. The van der Waals surface area contributed by atoms with Gasteiger partial charge in [-0.15, -0.1) is 0 Å². The van der Waals surface area contributed by atoms with Crippen molar-refractivity contribution in [3.8, 4) is 0 Å². The minimum absolute atomic E-state index is 0.190. The van der Waals surface area contributed by atoms with Crippen LogP contribution in [-0.2, 0) is 9.53 Å². The lowest BCUT2D eigenvalue weighted by molar-refractivity contribution is -0.136. The molecule has 1 saturated heterocycles. The number of aliphatic carboxylic acids is 1. The van der Waals surface area contributed by atoms with Crippen LogP contribution in [0.4, 0.5) is 0 Å². The topological polar surface area (TPSA) is 70.1 Å². The molecule has 4 nitrogen and oxygen atoms in total. The van der Waals surface area contributed by atoms with E-state index in [1.165, 1.54) is 0 Å². The molecule has 0 bridgehead atoms. The number of rotatable bonds is 2. The largest absolute Gasteiger partial charge is 0.481 e. The van der Waals surface area contributed by atoms with Crippen molar-refractivity contribution in [3.63, 3.8) is 0 Å². The highest BCUT2D eigenvalue weighted by atomic mass is 16.6. The highest BCUT2D eigenvalue weighted by molar-refractivity contribution is 5.66. The Morgan fingerprint density at radius 1 is 1.80 bits per heavy atom. The van der Waals surface area contributed by atoms with E-state index in [0.717, 1.165) is 6.61 Å². The van der Waals surface area contributed by atoms with Crippen LogP contribution in [0.1, 0.15) is 13.3 Å². The molecule has 0 aromatic rings. The van der Waals surface area contributed by atoms with E-state index in [9.17, 15) is 4.79 Å². The molecule has 1 unspecified atom stereocenters. The summed E-state index contributed by atoms with van der Waals surface area (Å²) in [6, 6.07) is 0. The first-order valence-corrected chi connectivity index (χ1v) is 3.15. The normalized spacial score (nSPS) is 20.8. The van der Waals surface area contributed by atoms with Crippen LogP contribution in [0.25, 0.3) is 0 Å². The van der Waals surface area contributed by atoms with Gasteiger partial charge in [-0.25, -0.2) is 0 Å². The molecule has 1 aliphatic heterocycles. The summed E-state index contributed by atoms with van der Waals surface area (Å²) < 4.78 is 4.61. The zero-order valence-corrected chi connectivity index (χ0v) is 5.91. The van der Waals surface area contributed by atoms with Crippen molar-refractivity contribution >= 4 is 5.97 Å². The maximum atomic E-state index is 9.37. The van der Waals surface area contributed by atoms with Crippen LogP contribution in [0.2, 0.25) is 0 Å². The third-order valence-electron chi connectivity index (χ3n) is 0.908. The van der Waals surface area contributed by atoms with E-state index in [2.05, 4.69) is 4.74 Å². The average molecular weight is 148 g/mol. The fourth-order valence-corrected chi connectivity index (χ4v) is 0.173. The average Bonchev–Trinajstić information content (AvgIpc) is 2.70. The monoisotopic (exact) mass is 148 g/mol. The van der Waals surface area contributed by atoms with Gasteiger partial charge in [0.15, 0.2) is 0 Å². The summed E-state index contributed by atoms with van der Waals surface area (Å²) in [5.74, 6) is -0.745. The molecule has 1 heterocycles. The summed E-state index contributed by atoms with van der Waals surface area (Å²) in [5.41, 5.74) is 0. The Kier molecular flexibility index (Phi) is 4.88. The number of hydrogen-bond donors (Lipinski definition) is 2. The van der Waals surface area contributed by atoms with E-state index < -0.39 is 5.97 Å². The smallest absolute Gasteiger partial charge is 0.303 e. The van der Waals surface area contributed by atoms with Gasteiger partial charge in [0.25, 0.3) is 0 Å². The molecular weight excluding hydrogens is 136 g/mol. The summed E-state index contributed by atoms with van der Waals surface area (Å²) in [7, 11) is 0. The van der Waals surface area contributed by atoms with E-state index >= 15 is 0 Å². The maximum Gasteiger partial charge on any atom is 0.303 e. The molecule has 1 aliphatic rings. The lowest BCUT2D eigenvalue weighted by atomic mass is 10.5. The standard InChI is InChI=1S/2C3H6O2/c4-1-3-2-5-3;1-2-3(4)5/h3-4H,1-2H2;2H2,1H3,(H,4,5). The minimum Gasteiger partial charge on any atom is -0.481 e. The predicted molar refractivity (Wildman–Crippen MR) is 34.8 cm³/mol. The Morgan fingerprint density at radius 2 is 2.20 bits per heavy atom. The van der Waals surface area contributed by atoms with E-state index in [4.69, 9.17) is 10.2 Å². The quantitative estimate of drug-likeness (QED) is 0.535. The second kappa shape index (κ2) is 5.20. The van der Waals surface area contributed by atoms with Crippen LogP contribution in [0.3, 0.4) is 0 Å². The number of hydrogen-bond acceptors (Lipinski definition) is 3. The van der Waals surface area contributed by atoms with E-state index in [1.54, 1.807) is 6.92 Å². The van der Waals surface area contributed by atoms with Crippen molar-refractivity contribution in [2.75, 3.05) is 13.2 Å². The molecule has 0 amide bonds. The summed E-state index contributed by atoms with van der Waals surface area (Å²) in [6.07, 6.45) is 0.412. The van der Waals surface area contributed by atoms with Crippen LogP contribution < -0.4 is 0 Å². The second-order valence-corrected chi connectivity index (χ2v) is 1.89. The highest BCUT2D eigenvalue weighted by Crippen LogP contribution is 2.04. The molecule has 1 atom stereocenters. The van der Waals surface area contributed by atoms with Crippen molar-refractivity contribution in [2.24, 2.45) is 0 Å². The number of aliphatic hydroxyl groups excluding tert-OH is 1. The van der Waals surface area contributed by atoms with Gasteiger partial charge in [-0.2, -0.15) is 0 Å². The first-order valence-electron chi connectivity index (χ1n) is 3.15. The molecule has 0 saturated carbocycles. The van der Waals surface area contributed by atoms with Gasteiger partial charge in [0.1, 0.15) is 6.10 Å². The van der Waals surface area contributed by atoms with E-state index in [-0.39, 0.29) is 19.1 Å². The van der Waals surface area contributed by atoms with Crippen LogP contribution in [0.15, 0.2) is 0 Å². The van der Waals surface area contributed by atoms with Gasteiger partial charge in [0.2, 0.25) is 0 Å². The van der Waals surface area contributed by atoms with Crippen molar-refractivity contribution < 1.29 is 19.7 Å². The van der Waals surface area contributed by atoms with Crippen molar-refractivity contribution in [1.82, 2.24) is 0 Å². The molecule has 0 aromatic carbocycles. The molecule has 60 valence electrons. The van der Waals surface area contributed by atoms with Crippen LogP contribution in [0, 0.1) is 0 Å². The van der Waals surface area contributed by atoms with Gasteiger partial charge in [-0.3, -0.25) is 4.79 Å². The second-order valence-electron chi connectivity index (χ2n) is 1.89. The zero-order chi connectivity index (χ0) is 7.98. The fraction of sp³-hybridized carbons (Fsp3) is 0.833. The first-order chi connectivity index (χ1) is 4.70. The molecule has 4 heteroatoms. The van der Waals surface area contributed by atoms with Gasteiger partial charge in [-0.05, 0) is 0 Å². The molecule has 10 heavy (non-hydrogen) atoms. The van der Waals surface area contributed by atoms with Gasteiger partial charge >= 0.3 is 5.97 Å². The molecule has 2 N–H and O–H groups in total. The Hall–Kier alpha value is -0.610. The summed E-state index contributed by atoms with van der Waals surface area (Å²) >= 11 is 0. The van der Waals surface area contributed by atoms with Crippen LogP contribution in [0.5, 0.6) is 0 Å². The fourth-order valence-electron chi connectivity index (χ4n) is 0.173. The first kappa shape index (κ1) is 9.39. The van der Waals surface area contributed by atoms with Gasteiger partial charge in [0.05, 0.1) is 13.2 Å². The van der Waals surface area contributed by atoms with Gasteiger partial charge in [-0.1, -0.05) is 6.92 Å². The molecule has 1 fully saturated rings. The lowest BCUT2D eigenvalue weighted by Crippen LogP contribution is -1.88. The minimum atomic E-state index is -0.745. The van der Waals surface area contributed by atoms with Crippen molar-refractivity contribution in [1.29, 1.82) is 0 Å². The van der Waals surface area contributed by atoms with E-state index in [0.29, 0.717) is 0 Å². The van der Waals surface area contributed by atoms with Gasteiger partial charge < -0.3 is 14.9 Å². The van der Waals surface area contributed by atoms with Crippen LogP contribution in [-0.4, -0.2) is 35.5 Å². The number of ether oxygens (including phenoxy) is 1. The summed E-state index contributed by atoms with van der Waals surface area (Å²) in [5, 5.41) is 15.8.